The minimum absolute atomic E-state index is 0.0345. The summed E-state index contributed by atoms with van der Waals surface area (Å²) in [7, 11) is 3.94. The monoisotopic (exact) mass is 526 g/mol. The molecule has 0 bridgehead atoms. The minimum atomic E-state index is -1.03. The van der Waals surface area contributed by atoms with Gasteiger partial charge in [-0.05, 0) is 46.3 Å². The average molecular weight is 527 g/mol. The lowest BCUT2D eigenvalue weighted by molar-refractivity contribution is -0.150. The number of rotatable bonds is 8. The number of aromatic nitrogens is 1. The number of nitrogen functional groups attached to an aromatic ring is 1. The highest BCUT2D eigenvalue weighted by Crippen LogP contribution is 2.46. The Balaban J connectivity index is 1.58. The van der Waals surface area contributed by atoms with Gasteiger partial charge in [-0.1, -0.05) is 5.16 Å². The Labute approximate surface area is 221 Å². The predicted octanol–water partition coefficient (Wildman–Crippen LogP) is 1.40. The molecule has 12 heteroatoms. The Hall–Kier alpha value is -3.40. The van der Waals surface area contributed by atoms with E-state index in [1.807, 2.05) is 31.1 Å². The second-order valence-electron chi connectivity index (χ2n) is 9.73. The number of nitriles is 1. The number of thiophene rings is 1. The van der Waals surface area contributed by atoms with Crippen molar-refractivity contribution in [2.45, 2.75) is 31.6 Å². The molecule has 2 aromatic rings. The topological polar surface area (TPSA) is 155 Å². The first-order valence-electron chi connectivity index (χ1n) is 12.3. The number of piperazine rings is 1. The molecule has 198 valence electrons. The van der Waals surface area contributed by atoms with Gasteiger partial charge in [-0.15, -0.1) is 11.3 Å². The number of nitrogens with one attached hydrogen (secondary N) is 1. The Bertz CT molecular complexity index is 1220. The van der Waals surface area contributed by atoms with Gasteiger partial charge in [0, 0.05) is 54.9 Å². The molecule has 5 N–H and O–H groups in total. The molecule has 0 aromatic carbocycles. The second-order valence-corrected chi connectivity index (χ2v) is 10.9. The van der Waals surface area contributed by atoms with Crippen LogP contribution < -0.4 is 26.4 Å². The molecule has 2 aliphatic rings. The van der Waals surface area contributed by atoms with Gasteiger partial charge in [0.25, 0.3) is 0 Å². The van der Waals surface area contributed by atoms with E-state index in [1.54, 1.807) is 6.92 Å². The first kappa shape index (κ1) is 26.7. The number of carbonyl (C=O) groups excluding carboxylic acids is 1. The minimum Gasteiger partial charge on any atom is -0.476 e. The first-order chi connectivity index (χ1) is 17.7. The average Bonchev–Trinajstić information content (AvgIpc) is 3.23. The summed E-state index contributed by atoms with van der Waals surface area (Å²) in [6, 6.07) is 5.86. The van der Waals surface area contributed by atoms with Crippen molar-refractivity contribution in [2.24, 2.45) is 10.9 Å². The van der Waals surface area contributed by atoms with Gasteiger partial charge < -0.3 is 36.2 Å². The molecule has 3 heterocycles. The zero-order chi connectivity index (χ0) is 26.6. The van der Waals surface area contributed by atoms with Crippen LogP contribution >= 0.6 is 11.3 Å². The number of hydrogen-bond acceptors (Lipinski definition) is 11. The molecule has 1 fully saturated rings. The van der Waals surface area contributed by atoms with E-state index < -0.39 is 11.4 Å². The number of fused-ring (bicyclic) bond motifs is 1. The third-order valence-electron chi connectivity index (χ3n) is 6.75. The van der Waals surface area contributed by atoms with Crippen molar-refractivity contribution in [3.8, 4) is 11.9 Å². The van der Waals surface area contributed by atoms with E-state index in [-0.39, 0.29) is 5.84 Å². The molecule has 0 amide bonds. The molecule has 37 heavy (non-hydrogen) atoms. The van der Waals surface area contributed by atoms with Gasteiger partial charge in [0.2, 0.25) is 5.88 Å². The first-order valence-corrected chi connectivity index (χ1v) is 13.2. The van der Waals surface area contributed by atoms with Gasteiger partial charge in [-0.3, -0.25) is 0 Å². The number of ether oxygens (including phenoxy) is 1. The summed E-state index contributed by atoms with van der Waals surface area (Å²) in [4.78, 5) is 28.4. The fourth-order valence-electron chi connectivity index (χ4n) is 4.67. The van der Waals surface area contributed by atoms with Gasteiger partial charge in [-0.2, -0.15) is 5.26 Å². The summed E-state index contributed by atoms with van der Waals surface area (Å²) in [6.45, 7) is 6.36. The fourth-order valence-corrected chi connectivity index (χ4v) is 5.86. The highest BCUT2D eigenvalue weighted by Gasteiger charge is 2.44. The van der Waals surface area contributed by atoms with E-state index in [2.05, 4.69) is 26.4 Å². The van der Waals surface area contributed by atoms with Crippen molar-refractivity contribution in [1.82, 2.24) is 15.2 Å². The predicted molar refractivity (Wildman–Crippen MR) is 144 cm³/mol. The maximum atomic E-state index is 13.3. The molecule has 0 saturated carbocycles. The van der Waals surface area contributed by atoms with E-state index in [0.29, 0.717) is 40.7 Å². The largest absolute Gasteiger partial charge is 0.476 e. The maximum Gasteiger partial charge on any atom is 0.345 e. The Kier molecular flexibility index (Phi) is 8.16. The molecule has 4 rings (SSSR count). The maximum absolute atomic E-state index is 13.3. The zero-order valence-corrected chi connectivity index (χ0v) is 22.4. The smallest absolute Gasteiger partial charge is 0.345 e. The van der Waals surface area contributed by atoms with Gasteiger partial charge in [-0.25, -0.2) is 9.78 Å². The number of amidine groups is 1. The molecule has 0 spiro atoms. The van der Waals surface area contributed by atoms with Crippen molar-refractivity contribution in [2.75, 3.05) is 64.1 Å². The number of nitrogens with zero attached hydrogens (tertiary/aromatic N) is 5. The number of likely N-dealkylation sites (N-methyl/N-ethyl adjacent to an activating group) is 1. The lowest BCUT2D eigenvalue weighted by Crippen LogP contribution is -2.43. The number of aryl methyl sites for hydroxylation is 1. The fraction of sp³-hybridized carbons (Fsp3) is 0.520. The second kappa shape index (κ2) is 11.3. The van der Waals surface area contributed by atoms with Crippen LogP contribution in [0.4, 0.5) is 10.7 Å². The zero-order valence-electron chi connectivity index (χ0n) is 21.5. The summed E-state index contributed by atoms with van der Waals surface area (Å²) in [5, 5.41) is 17.4. The number of anilines is 2. The van der Waals surface area contributed by atoms with Crippen LogP contribution in [0, 0.1) is 11.3 Å². The van der Waals surface area contributed by atoms with Crippen LogP contribution in [0.15, 0.2) is 17.3 Å². The van der Waals surface area contributed by atoms with E-state index >= 15 is 0 Å². The molecule has 0 radical (unpaired) electrons. The van der Waals surface area contributed by atoms with Crippen LogP contribution in [0.25, 0.3) is 0 Å². The Morgan fingerprint density at radius 3 is 2.84 bits per heavy atom. The molecule has 11 nitrogen and oxygen atoms in total. The number of nitrogens with two attached hydrogens (primary N) is 2. The van der Waals surface area contributed by atoms with Crippen molar-refractivity contribution in [1.29, 1.82) is 5.26 Å². The Morgan fingerprint density at radius 1 is 1.38 bits per heavy atom. The quantitative estimate of drug-likeness (QED) is 0.199. The third kappa shape index (κ3) is 5.79. The molecule has 1 aliphatic heterocycles. The molecule has 1 saturated heterocycles. The van der Waals surface area contributed by atoms with Crippen LogP contribution in [-0.4, -0.2) is 75.1 Å². The molecule has 1 atom stereocenters. The van der Waals surface area contributed by atoms with Gasteiger partial charge in [0.15, 0.2) is 5.84 Å². The molecule has 1 unspecified atom stereocenters. The van der Waals surface area contributed by atoms with Crippen molar-refractivity contribution < 1.29 is 14.4 Å². The lowest BCUT2D eigenvalue weighted by Gasteiger charge is -2.31. The van der Waals surface area contributed by atoms with E-state index in [4.69, 9.17) is 21.0 Å². The summed E-state index contributed by atoms with van der Waals surface area (Å²) in [6.07, 6.45) is 2.09. The van der Waals surface area contributed by atoms with Crippen LogP contribution in [0.5, 0.6) is 5.88 Å². The summed E-state index contributed by atoms with van der Waals surface area (Å²) >= 11 is 1.36. The van der Waals surface area contributed by atoms with Gasteiger partial charge >= 0.3 is 5.97 Å². The van der Waals surface area contributed by atoms with Crippen LogP contribution in [0.2, 0.25) is 0 Å². The molecule has 1 aliphatic carbocycles. The Morgan fingerprint density at radius 2 is 2.14 bits per heavy atom. The molecular weight excluding hydrogens is 492 g/mol. The van der Waals surface area contributed by atoms with Gasteiger partial charge in [0.05, 0.1) is 11.0 Å². The summed E-state index contributed by atoms with van der Waals surface area (Å²) in [5.74, 6) is -0.187. The highest BCUT2D eigenvalue weighted by atomic mass is 32.1. The summed E-state index contributed by atoms with van der Waals surface area (Å²) in [5.41, 5.74) is 13.5. The molecular formula is C25H34N8O3S. The van der Waals surface area contributed by atoms with Crippen molar-refractivity contribution >= 4 is 33.8 Å². The van der Waals surface area contributed by atoms with Crippen LogP contribution in [0.3, 0.4) is 0 Å². The van der Waals surface area contributed by atoms with Crippen molar-refractivity contribution in [3.05, 3.63) is 33.8 Å². The number of hydrogen-bond donors (Lipinski definition) is 3. The number of oxime groups is 1. The van der Waals surface area contributed by atoms with Crippen LogP contribution in [-0.2, 0) is 21.5 Å². The number of pyridine rings is 1. The standard InChI is InChI=1S/C25H34N8O3S/c1-25(6-4-5-19-21(25)17(15-26)23(28)37-19)24(34)36-31-22(27)18-13-16(33-9-7-29-8-10-33)14-20(30-18)35-12-11-32(2)3/h13-14,29H,4-12,28H2,1-3H3,(H2,27,31). The third-order valence-corrected chi connectivity index (χ3v) is 7.83. The van der Waals surface area contributed by atoms with E-state index in [9.17, 15) is 10.1 Å². The number of carbonyl (C=O) groups is 1. The van der Waals surface area contributed by atoms with E-state index in [1.165, 1.54) is 11.3 Å². The van der Waals surface area contributed by atoms with Crippen molar-refractivity contribution in [3.63, 3.8) is 0 Å². The lowest BCUT2D eigenvalue weighted by atomic mass is 9.72. The SMILES string of the molecule is CN(C)CCOc1cc(N2CCNCC2)cc(/C(N)=N/OC(=O)C2(C)CCCc3sc(N)c(C#N)c32)n1. The molecule has 2 aromatic heterocycles. The highest BCUT2D eigenvalue weighted by molar-refractivity contribution is 7.16. The van der Waals surface area contributed by atoms with Gasteiger partial charge in [0.1, 0.15) is 23.4 Å². The van der Waals surface area contributed by atoms with Crippen LogP contribution in [0.1, 0.15) is 41.5 Å². The summed E-state index contributed by atoms with van der Waals surface area (Å²) < 4.78 is 5.89. The van der Waals surface area contributed by atoms with E-state index in [0.717, 1.165) is 56.1 Å². The normalized spacial score (nSPS) is 19.9.